The van der Waals surface area contributed by atoms with E-state index in [1.165, 1.54) is 11.3 Å². The SMILES string of the molecule is COC(c1ccccc1)C(O)c1ccc(Cl)s1. The molecule has 2 rings (SSSR count). The molecule has 1 N–H and O–H groups in total. The molecule has 0 saturated heterocycles. The third-order valence-electron chi connectivity index (χ3n) is 2.55. The molecule has 0 aliphatic carbocycles. The van der Waals surface area contributed by atoms with Crippen LogP contribution >= 0.6 is 22.9 Å². The Morgan fingerprint density at radius 3 is 2.41 bits per heavy atom. The Bertz CT molecular complexity index is 469. The zero-order chi connectivity index (χ0) is 12.3. The quantitative estimate of drug-likeness (QED) is 0.913. The van der Waals surface area contributed by atoms with Gasteiger partial charge in [-0.25, -0.2) is 0 Å². The van der Waals surface area contributed by atoms with Gasteiger partial charge in [0.1, 0.15) is 12.2 Å². The predicted octanol–water partition coefficient (Wildman–Crippen LogP) is 3.82. The Hall–Kier alpha value is -0.870. The maximum Gasteiger partial charge on any atom is 0.118 e. The second kappa shape index (κ2) is 5.65. The second-order valence-corrected chi connectivity index (χ2v) is 5.40. The van der Waals surface area contributed by atoms with Crippen molar-refractivity contribution >= 4 is 22.9 Å². The summed E-state index contributed by atoms with van der Waals surface area (Å²) in [6.07, 6.45) is -1.06. The minimum Gasteiger partial charge on any atom is -0.384 e. The normalized spacial score (nSPS) is 14.5. The number of hydrogen-bond acceptors (Lipinski definition) is 3. The fourth-order valence-corrected chi connectivity index (χ4v) is 2.80. The molecule has 1 heterocycles. The first-order valence-corrected chi connectivity index (χ1v) is 6.43. The van der Waals surface area contributed by atoms with Crippen molar-refractivity contribution in [3.63, 3.8) is 0 Å². The third kappa shape index (κ3) is 2.87. The highest BCUT2D eigenvalue weighted by Gasteiger charge is 2.23. The summed E-state index contributed by atoms with van der Waals surface area (Å²) in [5, 5.41) is 10.3. The highest BCUT2D eigenvalue weighted by molar-refractivity contribution is 7.16. The zero-order valence-corrected chi connectivity index (χ0v) is 10.9. The summed E-state index contributed by atoms with van der Waals surface area (Å²) in [7, 11) is 1.59. The number of hydrogen-bond donors (Lipinski definition) is 1. The summed E-state index contributed by atoms with van der Waals surface area (Å²) in [5.41, 5.74) is 0.951. The molecular weight excluding hydrogens is 256 g/mol. The number of ether oxygens (including phenoxy) is 1. The molecule has 0 aliphatic rings. The van der Waals surface area contributed by atoms with Crippen molar-refractivity contribution in [2.75, 3.05) is 7.11 Å². The van der Waals surface area contributed by atoms with E-state index < -0.39 is 6.10 Å². The van der Waals surface area contributed by atoms with E-state index in [1.807, 2.05) is 36.4 Å². The molecule has 17 heavy (non-hydrogen) atoms. The molecule has 0 amide bonds. The lowest BCUT2D eigenvalue weighted by molar-refractivity contribution is -0.0131. The minimum absolute atomic E-state index is 0.370. The van der Waals surface area contributed by atoms with Gasteiger partial charge in [0.2, 0.25) is 0 Å². The average Bonchev–Trinajstić information content (AvgIpc) is 2.78. The standard InChI is InChI=1S/C13H13ClO2S/c1-16-13(9-5-3-2-4-6-9)12(15)10-7-8-11(14)17-10/h2-8,12-13,15H,1H3. The largest absolute Gasteiger partial charge is 0.384 e. The fraction of sp³-hybridized carbons (Fsp3) is 0.231. The van der Waals surface area contributed by atoms with Crippen LogP contribution in [0.1, 0.15) is 22.6 Å². The summed E-state index contributed by atoms with van der Waals surface area (Å²) in [4.78, 5) is 0.811. The molecule has 1 aromatic carbocycles. The van der Waals surface area contributed by atoms with Gasteiger partial charge in [0, 0.05) is 12.0 Å². The lowest BCUT2D eigenvalue weighted by Crippen LogP contribution is -2.11. The minimum atomic E-state index is -0.695. The third-order valence-corrected chi connectivity index (χ3v) is 3.86. The Morgan fingerprint density at radius 1 is 1.18 bits per heavy atom. The lowest BCUT2D eigenvalue weighted by Gasteiger charge is -2.21. The molecule has 0 bridgehead atoms. The van der Waals surface area contributed by atoms with E-state index in [4.69, 9.17) is 16.3 Å². The van der Waals surface area contributed by atoms with Gasteiger partial charge in [0.25, 0.3) is 0 Å². The number of aliphatic hydroxyl groups excluding tert-OH is 1. The highest BCUT2D eigenvalue weighted by Crippen LogP contribution is 2.36. The summed E-state index contributed by atoms with van der Waals surface area (Å²) in [5.74, 6) is 0. The van der Waals surface area contributed by atoms with Gasteiger partial charge in [-0.2, -0.15) is 0 Å². The smallest absolute Gasteiger partial charge is 0.118 e. The van der Waals surface area contributed by atoms with Crippen LogP contribution in [0.5, 0.6) is 0 Å². The number of benzene rings is 1. The molecule has 2 nitrogen and oxygen atoms in total. The van der Waals surface area contributed by atoms with Crippen LogP contribution in [0, 0.1) is 0 Å². The van der Waals surface area contributed by atoms with E-state index in [1.54, 1.807) is 13.2 Å². The van der Waals surface area contributed by atoms with Crippen LogP contribution in [0.3, 0.4) is 0 Å². The van der Waals surface area contributed by atoms with E-state index in [-0.39, 0.29) is 6.10 Å². The summed E-state index contributed by atoms with van der Waals surface area (Å²) < 4.78 is 6.04. The molecule has 0 aliphatic heterocycles. The molecule has 1 aromatic heterocycles. The van der Waals surface area contributed by atoms with E-state index in [0.717, 1.165) is 10.4 Å². The van der Waals surface area contributed by atoms with Crippen LogP contribution in [-0.2, 0) is 4.74 Å². The molecule has 4 heteroatoms. The van der Waals surface area contributed by atoms with Gasteiger partial charge in [-0.15, -0.1) is 11.3 Å². The van der Waals surface area contributed by atoms with Crippen molar-refractivity contribution in [2.24, 2.45) is 0 Å². The number of halogens is 1. The maximum atomic E-state index is 10.3. The number of rotatable bonds is 4. The molecule has 90 valence electrons. The van der Waals surface area contributed by atoms with E-state index >= 15 is 0 Å². The molecule has 2 aromatic rings. The van der Waals surface area contributed by atoms with Crippen LogP contribution in [-0.4, -0.2) is 12.2 Å². The van der Waals surface area contributed by atoms with E-state index in [0.29, 0.717) is 4.34 Å². The van der Waals surface area contributed by atoms with Gasteiger partial charge in [-0.1, -0.05) is 41.9 Å². The molecule has 0 spiro atoms. The van der Waals surface area contributed by atoms with Gasteiger partial charge in [-0.05, 0) is 17.7 Å². The first kappa shape index (κ1) is 12.6. The first-order chi connectivity index (χ1) is 8.22. The molecular formula is C13H13ClO2S. The van der Waals surface area contributed by atoms with Crippen molar-refractivity contribution in [1.82, 2.24) is 0 Å². The van der Waals surface area contributed by atoms with Gasteiger partial charge in [0.15, 0.2) is 0 Å². The molecule has 0 radical (unpaired) electrons. The van der Waals surface area contributed by atoms with E-state index in [2.05, 4.69) is 0 Å². The topological polar surface area (TPSA) is 29.5 Å². The van der Waals surface area contributed by atoms with E-state index in [9.17, 15) is 5.11 Å². The van der Waals surface area contributed by atoms with Crippen LogP contribution in [0.4, 0.5) is 0 Å². The lowest BCUT2D eigenvalue weighted by atomic mass is 10.0. The van der Waals surface area contributed by atoms with Gasteiger partial charge < -0.3 is 9.84 Å². The number of thiophene rings is 1. The van der Waals surface area contributed by atoms with Crippen molar-refractivity contribution in [1.29, 1.82) is 0 Å². The molecule has 0 saturated carbocycles. The first-order valence-electron chi connectivity index (χ1n) is 5.23. The van der Waals surface area contributed by atoms with Crippen molar-refractivity contribution in [3.8, 4) is 0 Å². The van der Waals surface area contributed by atoms with Crippen molar-refractivity contribution in [3.05, 3.63) is 57.2 Å². The second-order valence-electron chi connectivity index (χ2n) is 3.65. The Kier molecular flexibility index (Phi) is 4.18. The predicted molar refractivity (Wildman–Crippen MR) is 70.5 cm³/mol. The van der Waals surface area contributed by atoms with Gasteiger partial charge >= 0.3 is 0 Å². The monoisotopic (exact) mass is 268 g/mol. The molecule has 2 atom stereocenters. The number of methoxy groups -OCH3 is 1. The summed E-state index contributed by atoms with van der Waals surface area (Å²) in [6, 6.07) is 13.3. The highest BCUT2D eigenvalue weighted by atomic mass is 35.5. The van der Waals surface area contributed by atoms with Crippen molar-refractivity contribution < 1.29 is 9.84 Å². The van der Waals surface area contributed by atoms with Gasteiger partial charge in [-0.3, -0.25) is 0 Å². The maximum absolute atomic E-state index is 10.3. The van der Waals surface area contributed by atoms with Crippen molar-refractivity contribution in [2.45, 2.75) is 12.2 Å². The Balaban J connectivity index is 2.25. The summed E-state index contributed by atoms with van der Waals surface area (Å²) in [6.45, 7) is 0. The molecule has 2 unspecified atom stereocenters. The Morgan fingerprint density at radius 2 is 1.88 bits per heavy atom. The van der Waals surface area contributed by atoms with Crippen LogP contribution in [0.15, 0.2) is 42.5 Å². The zero-order valence-electron chi connectivity index (χ0n) is 9.34. The number of aliphatic hydroxyl groups is 1. The fourth-order valence-electron chi connectivity index (χ4n) is 1.73. The van der Waals surface area contributed by atoms with Gasteiger partial charge in [0.05, 0.1) is 4.34 Å². The van der Waals surface area contributed by atoms with Crippen LogP contribution in [0.25, 0.3) is 0 Å². The average molecular weight is 269 g/mol. The van der Waals surface area contributed by atoms with Crippen LogP contribution < -0.4 is 0 Å². The molecule has 0 fully saturated rings. The summed E-state index contributed by atoms with van der Waals surface area (Å²) >= 11 is 7.23. The van der Waals surface area contributed by atoms with Crippen LogP contribution in [0.2, 0.25) is 4.34 Å². The Labute approximate surface area is 109 Å².